The number of benzene rings is 1. The standard InChI is InChI=1S/C21H24FN3O2S/c1-4-25(5-2)18-10-9-14(11-23-18)12-24-21(26)20-15(13-27-3)19-16(22)7-6-8-17(19)28-20/h6-11H,4-5,12-13H2,1-3H3,(H,24,26). The third kappa shape index (κ3) is 4.15. The number of nitrogens with zero attached hydrogens (tertiary/aromatic N) is 2. The predicted octanol–water partition coefficient (Wildman–Crippen LogP) is 4.36. The molecule has 0 saturated carbocycles. The third-order valence-corrected chi connectivity index (χ3v) is 5.80. The number of carbonyl (C=O) groups is 1. The minimum absolute atomic E-state index is 0.184. The molecule has 148 valence electrons. The van der Waals surface area contributed by atoms with Gasteiger partial charge in [0.15, 0.2) is 0 Å². The number of hydrogen-bond acceptors (Lipinski definition) is 5. The molecule has 2 aromatic heterocycles. The van der Waals surface area contributed by atoms with Gasteiger partial charge in [-0.15, -0.1) is 11.3 Å². The normalized spacial score (nSPS) is 11.0. The SMILES string of the molecule is CCN(CC)c1ccc(CNC(=O)c2sc3cccc(F)c3c2COC)cn1. The van der Waals surface area contributed by atoms with Crippen LogP contribution < -0.4 is 10.2 Å². The summed E-state index contributed by atoms with van der Waals surface area (Å²) < 4.78 is 20.2. The van der Waals surface area contributed by atoms with Gasteiger partial charge in [-0.2, -0.15) is 0 Å². The summed E-state index contributed by atoms with van der Waals surface area (Å²) in [5, 5.41) is 3.37. The molecule has 1 N–H and O–H groups in total. The Balaban J connectivity index is 1.76. The van der Waals surface area contributed by atoms with Crippen LogP contribution in [0.4, 0.5) is 10.2 Å². The number of hydrogen-bond donors (Lipinski definition) is 1. The van der Waals surface area contributed by atoms with E-state index >= 15 is 0 Å². The van der Waals surface area contributed by atoms with Crippen molar-refractivity contribution >= 4 is 33.1 Å². The Morgan fingerprint density at radius 2 is 2.04 bits per heavy atom. The molecule has 1 aromatic carbocycles. The molecule has 0 aliphatic heterocycles. The fourth-order valence-corrected chi connectivity index (χ4v) is 4.29. The average Bonchev–Trinajstić information content (AvgIpc) is 3.08. The summed E-state index contributed by atoms with van der Waals surface area (Å²) in [6, 6.07) is 8.78. The van der Waals surface area contributed by atoms with Crippen LogP contribution in [-0.2, 0) is 17.9 Å². The number of halogens is 1. The largest absolute Gasteiger partial charge is 0.380 e. The van der Waals surface area contributed by atoms with Crippen LogP contribution in [0.5, 0.6) is 0 Å². The van der Waals surface area contributed by atoms with E-state index in [1.54, 1.807) is 12.3 Å². The van der Waals surface area contributed by atoms with E-state index in [0.29, 0.717) is 22.4 Å². The zero-order chi connectivity index (χ0) is 20.1. The third-order valence-electron chi connectivity index (χ3n) is 4.61. The van der Waals surface area contributed by atoms with Crippen LogP contribution in [-0.4, -0.2) is 31.1 Å². The van der Waals surface area contributed by atoms with Crippen molar-refractivity contribution in [2.75, 3.05) is 25.1 Å². The molecular weight excluding hydrogens is 377 g/mol. The molecule has 0 aliphatic carbocycles. The van der Waals surface area contributed by atoms with Crippen molar-refractivity contribution in [3.05, 3.63) is 58.3 Å². The topological polar surface area (TPSA) is 54.5 Å². The fraction of sp³-hybridized carbons (Fsp3) is 0.333. The van der Waals surface area contributed by atoms with Gasteiger partial charge in [0.25, 0.3) is 5.91 Å². The number of amides is 1. The quantitative estimate of drug-likeness (QED) is 0.609. The lowest BCUT2D eigenvalue weighted by atomic mass is 10.1. The second-order valence-corrected chi connectivity index (χ2v) is 7.39. The van der Waals surface area contributed by atoms with Crippen molar-refractivity contribution in [1.29, 1.82) is 0 Å². The predicted molar refractivity (Wildman–Crippen MR) is 111 cm³/mol. The number of rotatable bonds is 8. The van der Waals surface area contributed by atoms with Crippen molar-refractivity contribution in [2.24, 2.45) is 0 Å². The zero-order valence-electron chi connectivity index (χ0n) is 16.3. The number of fused-ring (bicyclic) bond motifs is 1. The Labute approximate surface area is 168 Å². The first-order chi connectivity index (χ1) is 13.6. The summed E-state index contributed by atoms with van der Waals surface area (Å²) in [6.45, 7) is 6.50. The highest BCUT2D eigenvalue weighted by atomic mass is 32.1. The number of anilines is 1. The van der Waals surface area contributed by atoms with Crippen molar-refractivity contribution < 1.29 is 13.9 Å². The van der Waals surface area contributed by atoms with Gasteiger partial charge in [0.05, 0.1) is 11.5 Å². The van der Waals surface area contributed by atoms with Gasteiger partial charge in [-0.25, -0.2) is 9.37 Å². The molecule has 1 amide bonds. The molecular formula is C21H24FN3O2S. The molecule has 28 heavy (non-hydrogen) atoms. The smallest absolute Gasteiger partial charge is 0.262 e. The van der Waals surface area contributed by atoms with Crippen LogP contribution in [0, 0.1) is 5.82 Å². The number of pyridine rings is 1. The summed E-state index contributed by atoms with van der Waals surface area (Å²) in [6.07, 6.45) is 1.77. The molecule has 3 aromatic rings. The molecule has 7 heteroatoms. The van der Waals surface area contributed by atoms with E-state index in [1.165, 1.54) is 24.5 Å². The number of ether oxygens (including phenoxy) is 1. The highest BCUT2D eigenvalue weighted by Gasteiger charge is 2.20. The van der Waals surface area contributed by atoms with Gasteiger partial charge >= 0.3 is 0 Å². The van der Waals surface area contributed by atoms with Gasteiger partial charge in [0, 0.05) is 48.6 Å². The summed E-state index contributed by atoms with van der Waals surface area (Å²) >= 11 is 1.28. The van der Waals surface area contributed by atoms with Crippen molar-refractivity contribution in [1.82, 2.24) is 10.3 Å². The summed E-state index contributed by atoms with van der Waals surface area (Å²) in [5.74, 6) is 0.346. The van der Waals surface area contributed by atoms with Crippen LogP contribution in [0.1, 0.15) is 34.6 Å². The Morgan fingerprint density at radius 3 is 2.68 bits per heavy atom. The van der Waals surface area contributed by atoms with E-state index in [1.807, 2.05) is 18.2 Å². The minimum atomic E-state index is -0.337. The molecule has 0 unspecified atom stereocenters. The number of aromatic nitrogens is 1. The maximum atomic E-state index is 14.3. The highest BCUT2D eigenvalue weighted by Crippen LogP contribution is 2.33. The van der Waals surface area contributed by atoms with Gasteiger partial charge in [0.1, 0.15) is 11.6 Å². The van der Waals surface area contributed by atoms with Crippen molar-refractivity contribution in [2.45, 2.75) is 27.0 Å². The van der Waals surface area contributed by atoms with E-state index < -0.39 is 0 Å². The average molecular weight is 402 g/mol. The van der Waals surface area contributed by atoms with Gasteiger partial charge in [0.2, 0.25) is 0 Å². The van der Waals surface area contributed by atoms with Crippen LogP contribution in [0.2, 0.25) is 0 Å². The lowest BCUT2D eigenvalue weighted by Crippen LogP contribution is -2.24. The van der Waals surface area contributed by atoms with Crippen LogP contribution in [0.3, 0.4) is 0 Å². The molecule has 0 atom stereocenters. The number of thiophene rings is 1. The molecule has 3 rings (SSSR count). The number of carbonyl (C=O) groups excluding carboxylic acids is 1. The van der Waals surface area contributed by atoms with Crippen LogP contribution in [0.15, 0.2) is 36.5 Å². The second-order valence-electron chi connectivity index (χ2n) is 6.34. The molecule has 0 bridgehead atoms. The molecule has 2 heterocycles. The van der Waals surface area contributed by atoms with E-state index in [0.717, 1.165) is 29.2 Å². The summed E-state index contributed by atoms with van der Waals surface area (Å²) in [5.41, 5.74) is 1.50. The van der Waals surface area contributed by atoms with E-state index in [4.69, 9.17) is 4.74 Å². The fourth-order valence-electron chi connectivity index (χ4n) is 3.15. The molecule has 0 radical (unpaired) electrons. The Morgan fingerprint density at radius 1 is 1.25 bits per heavy atom. The van der Waals surface area contributed by atoms with E-state index in [-0.39, 0.29) is 18.3 Å². The number of methoxy groups -OCH3 is 1. The Kier molecular flexibility index (Phi) is 6.59. The summed E-state index contributed by atoms with van der Waals surface area (Å²) in [4.78, 5) is 19.9. The Hall–Kier alpha value is -2.51. The van der Waals surface area contributed by atoms with Crippen LogP contribution >= 0.6 is 11.3 Å². The lowest BCUT2D eigenvalue weighted by Gasteiger charge is -2.19. The van der Waals surface area contributed by atoms with E-state index in [2.05, 4.69) is 29.0 Å². The molecule has 0 aliphatic rings. The zero-order valence-corrected chi connectivity index (χ0v) is 17.1. The molecule has 0 fully saturated rings. The van der Waals surface area contributed by atoms with Gasteiger partial charge in [-0.3, -0.25) is 4.79 Å². The van der Waals surface area contributed by atoms with Gasteiger partial charge in [-0.1, -0.05) is 12.1 Å². The second kappa shape index (κ2) is 9.12. The first-order valence-corrected chi connectivity index (χ1v) is 10.1. The first-order valence-electron chi connectivity index (χ1n) is 9.25. The van der Waals surface area contributed by atoms with Crippen molar-refractivity contribution in [3.8, 4) is 0 Å². The number of nitrogens with one attached hydrogen (secondary N) is 1. The minimum Gasteiger partial charge on any atom is -0.380 e. The van der Waals surface area contributed by atoms with E-state index in [9.17, 15) is 9.18 Å². The van der Waals surface area contributed by atoms with Crippen molar-refractivity contribution in [3.63, 3.8) is 0 Å². The van der Waals surface area contributed by atoms with Crippen LogP contribution in [0.25, 0.3) is 10.1 Å². The molecule has 5 nitrogen and oxygen atoms in total. The lowest BCUT2D eigenvalue weighted by molar-refractivity contribution is 0.0950. The molecule has 0 saturated heterocycles. The van der Waals surface area contributed by atoms with Gasteiger partial charge < -0.3 is 15.0 Å². The highest BCUT2D eigenvalue weighted by molar-refractivity contribution is 7.21. The maximum Gasteiger partial charge on any atom is 0.262 e. The molecule has 0 spiro atoms. The van der Waals surface area contributed by atoms with Gasteiger partial charge in [-0.05, 0) is 37.6 Å². The maximum absolute atomic E-state index is 14.3. The summed E-state index contributed by atoms with van der Waals surface area (Å²) in [7, 11) is 1.54. The Bertz CT molecular complexity index is 952. The first kappa shape index (κ1) is 20.2. The monoisotopic (exact) mass is 401 g/mol.